The third-order valence-corrected chi connectivity index (χ3v) is 5.21. The quantitative estimate of drug-likeness (QED) is 0.823. The number of amides is 2. The van der Waals surface area contributed by atoms with Gasteiger partial charge in [-0.3, -0.25) is 4.90 Å². The molecule has 0 aliphatic carbocycles. The molecule has 0 unspecified atom stereocenters. The maximum absolute atomic E-state index is 14.8. The maximum atomic E-state index is 14.8. The number of cyclic esters (lactones) is 1. The van der Waals surface area contributed by atoms with Gasteiger partial charge in [-0.15, -0.1) is 0 Å². The number of piperidine rings is 1. The van der Waals surface area contributed by atoms with Crippen LogP contribution in [0.3, 0.4) is 0 Å². The highest BCUT2D eigenvalue weighted by Crippen LogP contribution is 2.33. The van der Waals surface area contributed by atoms with Crippen molar-refractivity contribution in [3.63, 3.8) is 0 Å². The summed E-state index contributed by atoms with van der Waals surface area (Å²) >= 11 is 0. The van der Waals surface area contributed by atoms with E-state index in [2.05, 4.69) is 0 Å². The highest BCUT2D eigenvalue weighted by molar-refractivity contribution is 5.89. The van der Waals surface area contributed by atoms with E-state index in [1.807, 2.05) is 20.8 Å². The van der Waals surface area contributed by atoms with Crippen molar-refractivity contribution in [1.29, 1.82) is 0 Å². The van der Waals surface area contributed by atoms with Gasteiger partial charge in [-0.05, 0) is 57.2 Å². The maximum Gasteiger partial charge on any atom is 0.414 e. The van der Waals surface area contributed by atoms with Crippen molar-refractivity contribution in [2.24, 2.45) is 0 Å². The van der Waals surface area contributed by atoms with Crippen LogP contribution < -0.4 is 4.90 Å². The van der Waals surface area contributed by atoms with Crippen LogP contribution in [0.5, 0.6) is 0 Å². The van der Waals surface area contributed by atoms with E-state index in [-0.39, 0.29) is 30.5 Å². The Morgan fingerprint density at radius 1 is 1.31 bits per heavy atom. The van der Waals surface area contributed by atoms with Crippen LogP contribution in [-0.4, -0.2) is 60.1 Å². The summed E-state index contributed by atoms with van der Waals surface area (Å²) in [6.07, 6.45) is 0.420. The second kappa shape index (κ2) is 8.57. The number of anilines is 1. The SMILES string of the molecule is CC(C)(C)OC(=O)N1CCC(c2ccc(N3C[C@@H](CCO)OC3=O)cc2F)CC1. The van der Waals surface area contributed by atoms with Crippen molar-refractivity contribution in [2.45, 2.75) is 57.7 Å². The fraction of sp³-hybridized carbons (Fsp3) is 0.619. The van der Waals surface area contributed by atoms with Gasteiger partial charge in [-0.25, -0.2) is 14.0 Å². The lowest BCUT2D eigenvalue weighted by Crippen LogP contribution is -2.41. The van der Waals surface area contributed by atoms with Gasteiger partial charge in [-0.1, -0.05) is 6.07 Å². The van der Waals surface area contributed by atoms with E-state index in [0.717, 1.165) is 0 Å². The molecule has 2 saturated heterocycles. The first-order valence-electron chi connectivity index (χ1n) is 10.0. The van der Waals surface area contributed by atoms with Gasteiger partial charge in [-0.2, -0.15) is 0 Å². The highest BCUT2D eigenvalue weighted by Gasteiger charge is 2.33. The van der Waals surface area contributed by atoms with Gasteiger partial charge >= 0.3 is 12.2 Å². The molecule has 7 nitrogen and oxygen atoms in total. The third kappa shape index (κ3) is 5.18. The summed E-state index contributed by atoms with van der Waals surface area (Å²) in [5.74, 6) is -0.355. The summed E-state index contributed by atoms with van der Waals surface area (Å²) in [4.78, 5) is 27.2. The van der Waals surface area contributed by atoms with Gasteiger partial charge in [0.2, 0.25) is 0 Å². The van der Waals surface area contributed by atoms with Crippen LogP contribution in [0.4, 0.5) is 19.7 Å². The molecule has 2 fully saturated rings. The Balaban J connectivity index is 1.62. The van der Waals surface area contributed by atoms with E-state index >= 15 is 0 Å². The predicted molar refractivity (Wildman–Crippen MR) is 105 cm³/mol. The Labute approximate surface area is 170 Å². The zero-order valence-corrected chi connectivity index (χ0v) is 17.2. The first kappa shape index (κ1) is 21.4. The number of rotatable bonds is 4. The number of aliphatic hydroxyl groups excluding tert-OH is 1. The van der Waals surface area contributed by atoms with Crippen molar-refractivity contribution in [3.8, 4) is 0 Å². The number of likely N-dealkylation sites (tertiary alicyclic amines) is 1. The number of ether oxygens (including phenoxy) is 2. The number of carbonyl (C=O) groups is 2. The Kier molecular flexibility index (Phi) is 6.31. The summed E-state index contributed by atoms with van der Waals surface area (Å²) in [6.45, 7) is 6.75. The number of hydrogen-bond donors (Lipinski definition) is 1. The molecule has 2 heterocycles. The lowest BCUT2D eigenvalue weighted by Gasteiger charge is -2.33. The predicted octanol–water partition coefficient (Wildman–Crippen LogP) is 3.65. The topological polar surface area (TPSA) is 79.3 Å². The van der Waals surface area contributed by atoms with Gasteiger partial charge in [0.1, 0.15) is 17.5 Å². The molecule has 1 N–H and O–H groups in total. The highest BCUT2D eigenvalue weighted by atomic mass is 19.1. The van der Waals surface area contributed by atoms with Gasteiger partial charge in [0, 0.05) is 26.1 Å². The molecular weight excluding hydrogens is 379 g/mol. The molecule has 0 bridgehead atoms. The van der Waals surface area contributed by atoms with Gasteiger partial charge in [0.25, 0.3) is 0 Å². The Morgan fingerprint density at radius 3 is 2.59 bits per heavy atom. The second-order valence-electron chi connectivity index (χ2n) is 8.58. The van der Waals surface area contributed by atoms with Gasteiger partial charge in [0.05, 0.1) is 12.2 Å². The Hall–Kier alpha value is -2.35. The fourth-order valence-electron chi connectivity index (χ4n) is 3.74. The van der Waals surface area contributed by atoms with E-state index in [0.29, 0.717) is 50.1 Å². The molecule has 0 aromatic heterocycles. The summed E-state index contributed by atoms with van der Waals surface area (Å²) < 4.78 is 25.4. The van der Waals surface area contributed by atoms with E-state index in [4.69, 9.17) is 14.6 Å². The van der Waals surface area contributed by atoms with Crippen LogP contribution in [0.1, 0.15) is 51.5 Å². The third-order valence-electron chi connectivity index (χ3n) is 5.21. The van der Waals surface area contributed by atoms with Crippen molar-refractivity contribution in [2.75, 3.05) is 31.1 Å². The molecule has 0 radical (unpaired) electrons. The van der Waals surface area contributed by atoms with Crippen LogP contribution in [0, 0.1) is 5.82 Å². The normalized spacial score (nSPS) is 20.7. The Morgan fingerprint density at radius 2 is 2.00 bits per heavy atom. The van der Waals surface area contributed by atoms with Crippen LogP contribution >= 0.6 is 0 Å². The molecule has 1 atom stereocenters. The summed E-state index contributed by atoms with van der Waals surface area (Å²) in [5.41, 5.74) is 0.503. The zero-order chi connectivity index (χ0) is 21.2. The summed E-state index contributed by atoms with van der Waals surface area (Å²) in [6, 6.07) is 4.80. The number of carbonyl (C=O) groups excluding carboxylic acids is 2. The van der Waals surface area contributed by atoms with E-state index in [1.54, 1.807) is 17.0 Å². The summed E-state index contributed by atoms with van der Waals surface area (Å²) in [7, 11) is 0. The smallest absolute Gasteiger partial charge is 0.414 e. The number of aliphatic hydroxyl groups is 1. The summed E-state index contributed by atoms with van der Waals surface area (Å²) in [5, 5.41) is 9.00. The molecule has 8 heteroatoms. The molecule has 2 amide bonds. The second-order valence-corrected chi connectivity index (χ2v) is 8.58. The average Bonchev–Trinajstić information content (AvgIpc) is 3.01. The molecule has 0 spiro atoms. The van der Waals surface area contributed by atoms with Crippen LogP contribution in [0.2, 0.25) is 0 Å². The molecule has 3 rings (SSSR count). The number of hydrogen-bond acceptors (Lipinski definition) is 5. The van der Waals surface area contributed by atoms with Crippen molar-refractivity contribution < 1.29 is 28.6 Å². The first-order valence-corrected chi connectivity index (χ1v) is 10.0. The van der Waals surface area contributed by atoms with Crippen molar-refractivity contribution in [3.05, 3.63) is 29.6 Å². The molecule has 1 aromatic rings. The minimum atomic E-state index is -0.539. The minimum absolute atomic E-state index is 0.00963. The molecule has 160 valence electrons. The molecule has 29 heavy (non-hydrogen) atoms. The largest absolute Gasteiger partial charge is 0.444 e. The van der Waals surface area contributed by atoms with Crippen LogP contribution in [0.25, 0.3) is 0 Å². The van der Waals surface area contributed by atoms with E-state index < -0.39 is 11.7 Å². The molecule has 2 aliphatic rings. The van der Waals surface area contributed by atoms with E-state index in [9.17, 15) is 14.0 Å². The van der Waals surface area contributed by atoms with Crippen molar-refractivity contribution >= 4 is 17.9 Å². The van der Waals surface area contributed by atoms with Crippen LogP contribution in [0.15, 0.2) is 18.2 Å². The standard InChI is InChI=1S/C21H29FN2O5/c1-21(2,3)29-19(26)23-9-6-14(7-10-23)17-5-4-15(12-18(17)22)24-13-16(8-11-25)28-20(24)27/h4-5,12,14,16,25H,6-11,13H2,1-3H3/t16-/m1/s1. The fourth-order valence-corrected chi connectivity index (χ4v) is 3.74. The molecule has 1 aromatic carbocycles. The van der Waals surface area contributed by atoms with Crippen LogP contribution in [-0.2, 0) is 9.47 Å². The van der Waals surface area contributed by atoms with E-state index in [1.165, 1.54) is 11.0 Å². The number of halogens is 1. The van der Waals surface area contributed by atoms with Gasteiger partial charge in [0.15, 0.2) is 0 Å². The zero-order valence-electron chi connectivity index (χ0n) is 17.2. The average molecular weight is 408 g/mol. The lowest BCUT2D eigenvalue weighted by atomic mass is 9.89. The first-order chi connectivity index (χ1) is 13.7. The lowest BCUT2D eigenvalue weighted by molar-refractivity contribution is 0.0204. The number of nitrogens with zero attached hydrogens (tertiary/aromatic N) is 2. The number of benzene rings is 1. The molecule has 0 saturated carbocycles. The molecule has 2 aliphatic heterocycles. The monoisotopic (exact) mass is 408 g/mol. The minimum Gasteiger partial charge on any atom is -0.444 e. The van der Waals surface area contributed by atoms with Crippen molar-refractivity contribution in [1.82, 2.24) is 4.90 Å². The molecular formula is C21H29FN2O5. The van der Waals surface area contributed by atoms with Gasteiger partial charge < -0.3 is 19.5 Å². The Bertz CT molecular complexity index is 756.